The third kappa shape index (κ3) is 2.69. The normalized spacial score (nSPS) is 24.2. The van der Waals surface area contributed by atoms with Crippen LogP contribution in [-0.2, 0) is 5.54 Å². The first-order chi connectivity index (χ1) is 10.5. The monoisotopic (exact) mass is 337 g/mol. The Labute approximate surface area is 125 Å². The molecule has 1 aliphatic rings. The van der Waals surface area contributed by atoms with Crippen LogP contribution in [0.5, 0.6) is 0 Å². The van der Waals surface area contributed by atoms with Gasteiger partial charge >= 0.3 is 12.4 Å². The second-order valence-electron chi connectivity index (χ2n) is 5.12. The van der Waals surface area contributed by atoms with Crippen LogP contribution in [0, 0.1) is 11.3 Å². The first-order valence-corrected chi connectivity index (χ1v) is 6.15. The number of nitrogens with zero attached hydrogens (tertiary/aromatic N) is 5. The lowest BCUT2D eigenvalue weighted by atomic mass is 9.75. The molecule has 2 atom stereocenters. The Morgan fingerprint density at radius 2 is 1.91 bits per heavy atom. The van der Waals surface area contributed by atoms with E-state index < -0.39 is 35.5 Å². The van der Waals surface area contributed by atoms with Crippen LogP contribution in [0.4, 0.5) is 26.3 Å². The van der Waals surface area contributed by atoms with Gasteiger partial charge in [-0.3, -0.25) is 4.68 Å². The zero-order valence-corrected chi connectivity index (χ0v) is 11.5. The van der Waals surface area contributed by atoms with Gasteiger partial charge in [0.25, 0.3) is 0 Å². The molecule has 11 heteroatoms. The van der Waals surface area contributed by atoms with E-state index in [1.165, 1.54) is 12.1 Å². The molecule has 0 spiro atoms. The van der Waals surface area contributed by atoms with Crippen molar-refractivity contribution >= 4 is 0 Å². The minimum absolute atomic E-state index is 0.306. The van der Waals surface area contributed by atoms with Gasteiger partial charge in [0, 0.05) is 12.4 Å². The number of hydrogen-bond acceptors (Lipinski definition) is 4. The zero-order valence-electron chi connectivity index (χ0n) is 11.5. The highest BCUT2D eigenvalue weighted by molar-refractivity contribution is 5.34. The van der Waals surface area contributed by atoms with Crippen LogP contribution in [0.3, 0.4) is 0 Å². The van der Waals surface area contributed by atoms with Gasteiger partial charge in [0.2, 0.25) is 5.54 Å². The molecule has 0 aromatic carbocycles. The summed E-state index contributed by atoms with van der Waals surface area (Å²) >= 11 is 0. The Balaban J connectivity index is 2.73. The fraction of sp³-hybridized carbons (Fsp3) is 0.500. The summed E-state index contributed by atoms with van der Waals surface area (Å²) in [5.41, 5.74) is -6.75. The average molecular weight is 337 g/mol. The van der Waals surface area contributed by atoms with E-state index in [0.717, 1.165) is 19.3 Å². The van der Waals surface area contributed by atoms with E-state index >= 15 is 0 Å². The number of allylic oxidation sites excluding steroid dienone is 1. The van der Waals surface area contributed by atoms with Crippen molar-refractivity contribution in [2.45, 2.75) is 36.8 Å². The summed E-state index contributed by atoms with van der Waals surface area (Å²) < 4.78 is 80.5. The predicted octanol–water partition coefficient (Wildman–Crippen LogP) is 3.73. The first-order valence-electron chi connectivity index (χ1n) is 6.15. The van der Waals surface area contributed by atoms with Gasteiger partial charge in [-0.05, 0) is 19.1 Å². The maximum absolute atomic E-state index is 13.7. The van der Waals surface area contributed by atoms with E-state index in [-0.39, 0.29) is 0 Å². The summed E-state index contributed by atoms with van der Waals surface area (Å²) in [7, 11) is 0. The highest BCUT2D eigenvalue weighted by Crippen LogP contribution is 2.53. The summed E-state index contributed by atoms with van der Waals surface area (Å²) in [4.78, 5) is 0. The van der Waals surface area contributed by atoms with Crippen molar-refractivity contribution in [1.82, 2.24) is 9.78 Å². The number of halogens is 6. The van der Waals surface area contributed by atoms with E-state index in [2.05, 4.69) is 15.3 Å². The van der Waals surface area contributed by atoms with Crippen LogP contribution in [0.1, 0.15) is 13.3 Å². The van der Waals surface area contributed by atoms with Gasteiger partial charge in [0.05, 0.1) is 6.42 Å². The van der Waals surface area contributed by atoms with Crippen LogP contribution in [0.15, 0.2) is 40.5 Å². The molecule has 0 saturated heterocycles. The van der Waals surface area contributed by atoms with E-state index in [0.29, 0.717) is 10.8 Å². The van der Waals surface area contributed by atoms with E-state index in [9.17, 15) is 26.3 Å². The lowest BCUT2D eigenvalue weighted by Crippen LogP contribution is -2.61. The molecule has 0 radical (unpaired) electrons. The maximum atomic E-state index is 13.7. The Kier molecular flexibility index (Phi) is 3.75. The molecule has 1 aromatic heterocycles. The molecule has 0 amide bonds. The van der Waals surface area contributed by atoms with Crippen LogP contribution >= 0.6 is 0 Å². The van der Waals surface area contributed by atoms with Crippen molar-refractivity contribution in [3.63, 3.8) is 0 Å². The molecule has 0 fully saturated rings. The van der Waals surface area contributed by atoms with Gasteiger partial charge in [0.1, 0.15) is 11.6 Å². The van der Waals surface area contributed by atoms with Crippen molar-refractivity contribution < 1.29 is 26.3 Å². The molecule has 124 valence electrons. The quantitative estimate of drug-likeness (QED) is 0.789. The molecule has 23 heavy (non-hydrogen) atoms. The van der Waals surface area contributed by atoms with Crippen molar-refractivity contribution in [2.75, 3.05) is 0 Å². The fourth-order valence-corrected chi connectivity index (χ4v) is 2.49. The van der Waals surface area contributed by atoms with Crippen LogP contribution in [0.25, 0.3) is 0 Å². The predicted molar refractivity (Wildman–Crippen MR) is 63.9 cm³/mol. The third-order valence-electron chi connectivity index (χ3n) is 3.58. The largest absolute Gasteiger partial charge is 0.421 e. The summed E-state index contributed by atoms with van der Waals surface area (Å²) in [6.45, 7) is 0.733. The molecule has 0 aliphatic carbocycles. The molecule has 2 unspecified atom stereocenters. The molecule has 0 saturated carbocycles. The number of nitriles is 1. The molecule has 2 heterocycles. The smallest absolute Gasteiger partial charge is 0.263 e. The highest BCUT2D eigenvalue weighted by atomic mass is 19.4. The maximum Gasteiger partial charge on any atom is 0.421 e. The number of alkyl halides is 6. The third-order valence-corrected chi connectivity index (χ3v) is 3.58. The SMILES string of the molecule is CC(CC(F)(F)F)(n1cccn1)C1(C(F)(F)F)C=C(C#N)N=N1. The van der Waals surface area contributed by atoms with Crippen molar-refractivity contribution in [3.8, 4) is 6.07 Å². The summed E-state index contributed by atoms with van der Waals surface area (Å²) in [5, 5.41) is 18.3. The van der Waals surface area contributed by atoms with Gasteiger partial charge in [-0.2, -0.15) is 41.8 Å². The van der Waals surface area contributed by atoms with Crippen LogP contribution in [-0.4, -0.2) is 27.7 Å². The van der Waals surface area contributed by atoms with Crippen molar-refractivity contribution in [1.29, 1.82) is 5.26 Å². The Bertz CT molecular complexity index is 680. The lowest BCUT2D eigenvalue weighted by Gasteiger charge is -2.43. The van der Waals surface area contributed by atoms with Crippen molar-refractivity contribution in [3.05, 3.63) is 30.2 Å². The molecule has 1 aromatic rings. The molecular weight excluding hydrogens is 328 g/mol. The number of azo groups is 1. The second kappa shape index (κ2) is 5.07. The standard InChI is InChI=1S/C12H9F6N5/c1-9(7-11(13,14)15,23-4-2-3-20-23)10(12(16,17)18)5-8(6-19)21-22-10/h2-5H,7H2,1H3. The number of aromatic nitrogens is 2. The molecule has 1 aliphatic heterocycles. The topological polar surface area (TPSA) is 66.3 Å². The van der Waals surface area contributed by atoms with E-state index in [1.807, 2.05) is 0 Å². The van der Waals surface area contributed by atoms with Gasteiger partial charge in [-0.1, -0.05) is 0 Å². The van der Waals surface area contributed by atoms with Crippen LogP contribution in [0.2, 0.25) is 0 Å². The zero-order chi connectivity index (χ0) is 17.5. The second-order valence-corrected chi connectivity index (χ2v) is 5.12. The Morgan fingerprint density at radius 1 is 1.26 bits per heavy atom. The minimum atomic E-state index is -5.22. The Hall–Kier alpha value is -2.38. The molecule has 2 rings (SSSR count). The Morgan fingerprint density at radius 3 is 2.30 bits per heavy atom. The van der Waals surface area contributed by atoms with Gasteiger partial charge in [-0.15, -0.1) is 5.11 Å². The van der Waals surface area contributed by atoms with Gasteiger partial charge < -0.3 is 0 Å². The highest BCUT2D eigenvalue weighted by Gasteiger charge is 2.69. The van der Waals surface area contributed by atoms with Crippen LogP contribution < -0.4 is 0 Å². The first kappa shape index (κ1) is 17.0. The minimum Gasteiger partial charge on any atom is -0.263 e. The van der Waals surface area contributed by atoms with Crippen molar-refractivity contribution in [2.24, 2.45) is 10.2 Å². The molecule has 0 bridgehead atoms. The molecule has 0 N–H and O–H groups in total. The summed E-state index contributed by atoms with van der Waals surface area (Å²) in [5.74, 6) is 0. The summed E-state index contributed by atoms with van der Waals surface area (Å²) in [6, 6.07) is 2.55. The lowest BCUT2D eigenvalue weighted by molar-refractivity contribution is -0.223. The average Bonchev–Trinajstić information content (AvgIpc) is 3.06. The molecular formula is C12H9F6N5. The van der Waals surface area contributed by atoms with E-state index in [1.54, 1.807) is 0 Å². The fourth-order valence-electron chi connectivity index (χ4n) is 2.49. The number of hydrogen-bond donors (Lipinski definition) is 0. The summed E-state index contributed by atoms with van der Waals surface area (Å²) in [6.07, 6.45) is -9.68. The molecule has 5 nitrogen and oxygen atoms in total. The van der Waals surface area contributed by atoms with E-state index in [4.69, 9.17) is 5.26 Å². The van der Waals surface area contributed by atoms with Gasteiger partial charge in [0.15, 0.2) is 5.70 Å². The number of rotatable bonds is 3. The van der Waals surface area contributed by atoms with Gasteiger partial charge in [-0.25, -0.2) is 0 Å².